The van der Waals surface area contributed by atoms with E-state index in [9.17, 15) is 5.11 Å². The third kappa shape index (κ3) is 2.16. The molecule has 3 nitrogen and oxygen atoms in total. The Balaban J connectivity index is 3.33. The third-order valence-electron chi connectivity index (χ3n) is 2.53. The van der Waals surface area contributed by atoms with Gasteiger partial charge in [0.2, 0.25) is 0 Å². The molecule has 0 aliphatic carbocycles. The number of hydrogen-bond acceptors (Lipinski definition) is 2. The Labute approximate surface area is 92.1 Å². The molecule has 1 N–H and O–H groups in total. The monoisotopic (exact) mass is 210 g/mol. The summed E-state index contributed by atoms with van der Waals surface area (Å²) < 4.78 is 1.94. The van der Waals surface area contributed by atoms with Crippen molar-refractivity contribution in [1.29, 1.82) is 0 Å². The van der Waals surface area contributed by atoms with Crippen molar-refractivity contribution < 1.29 is 5.11 Å². The molecule has 1 aromatic heterocycles. The molecule has 1 aromatic rings. The fourth-order valence-corrected chi connectivity index (χ4v) is 1.78. The Morgan fingerprint density at radius 2 is 1.53 bits per heavy atom. The lowest BCUT2D eigenvalue weighted by Crippen LogP contribution is -2.08. The summed E-state index contributed by atoms with van der Waals surface area (Å²) in [5.41, 5.74) is 1.76. The fourth-order valence-electron chi connectivity index (χ4n) is 1.78. The minimum atomic E-state index is 0.266. The van der Waals surface area contributed by atoms with Crippen LogP contribution in [-0.2, 0) is 0 Å². The van der Waals surface area contributed by atoms with E-state index < -0.39 is 0 Å². The van der Waals surface area contributed by atoms with Gasteiger partial charge in [-0.25, -0.2) is 0 Å². The summed E-state index contributed by atoms with van der Waals surface area (Å²) in [6, 6.07) is 0.292. The van der Waals surface area contributed by atoms with Crippen LogP contribution < -0.4 is 0 Å². The van der Waals surface area contributed by atoms with Crippen molar-refractivity contribution in [1.82, 2.24) is 9.78 Å². The molecule has 15 heavy (non-hydrogen) atoms. The van der Waals surface area contributed by atoms with Gasteiger partial charge >= 0.3 is 0 Å². The molecule has 0 aliphatic heterocycles. The molecule has 0 saturated carbocycles. The highest BCUT2D eigenvalue weighted by Crippen LogP contribution is 2.34. The van der Waals surface area contributed by atoms with E-state index in [1.54, 1.807) is 0 Å². The van der Waals surface area contributed by atoms with E-state index in [1.807, 2.05) is 4.68 Å². The van der Waals surface area contributed by atoms with Crippen LogP contribution in [0, 0.1) is 0 Å². The van der Waals surface area contributed by atoms with Gasteiger partial charge in [0.1, 0.15) is 5.69 Å². The summed E-state index contributed by atoms with van der Waals surface area (Å²) in [5.74, 6) is 0.948. The van der Waals surface area contributed by atoms with Gasteiger partial charge in [0.15, 0.2) is 5.75 Å². The molecule has 0 spiro atoms. The zero-order valence-electron chi connectivity index (χ0n) is 10.6. The van der Waals surface area contributed by atoms with Gasteiger partial charge < -0.3 is 5.11 Å². The zero-order chi connectivity index (χ0) is 11.7. The average molecular weight is 210 g/mol. The molecule has 0 radical (unpaired) electrons. The van der Waals surface area contributed by atoms with E-state index in [0.717, 1.165) is 11.4 Å². The summed E-state index contributed by atoms with van der Waals surface area (Å²) in [7, 11) is 0. The van der Waals surface area contributed by atoms with Crippen LogP contribution in [0.25, 0.3) is 0 Å². The molecule has 3 heteroatoms. The molecular weight excluding hydrogens is 188 g/mol. The number of nitrogens with zero attached hydrogens (tertiary/aromatic N) is 2. The Morgan fingerprint density at radius 3 is 1.80 bits per heavy atom. The maximum absolute atomic E-state index is 10.1. The molecule has 1 heterocycles. The molecule has 0 atom stereocenters. The lowest BCUT2D eigenvalue weighted by Gasteiger charge is -2.13. The lowest BCUT2D eigenvalue weighted by molar-refractivity contribution is 0.443. The first-order valence-electron chi connectivity index (χ1n) is 5.67. The number of aromatic hydroxyl groups is 1. The Hall–Kier alpha value is -0.990. The van der Waals surface area contributed by atoms with Gasteiger partial charge in [0, 0.05) is 12.0 Å². The molecule has 0 amide bonds. The molecule has 86 valence electrons. The molecule has 0 fully saturated rings. The van der Waals surface area contributed by atoms with Gasteiger partial charge in [-0.1, -0.05) is 27.7 Å². The van der Waals surface area contributed by atoms with Crippen LogP contribution in [0.15, 0.2) is 0 Å². The van der Waals surface area contributed by atoms with Crippen LogP contribution in [0.1, 0.15) is 70.8 Å². The van der Waals surface area contributed by atoms with Gasteiger partial charge in [-0.3, -0.25) is 4.68 Å². The van der Waals surface area contributed by atoms with Crippen LogP contribution in [0.2, 0.25) is 0 Å². The van der Waals surface area contributed by atoms with Crippen molar-refractivity contribution in [3.8, 4) is 5.75 Å². The number of aromatic nitrogens is 2. The van der Waals surface area contributed by atoms with Gasteiger partial charge in [-0.05, 0) is 19.8 Å². The molecule has 0 bridgehead atoms. The normalized spacial score (nSPS) is 12.1. The van der Waals surface area contributed by atoms with Crippen LogP contribution in [0.4, 0.5) is 0 Å². The van der Waals surface area contributed by atoms with Crippen LogP contribution >= 0.6 is 0 Å². The highest BCUT2D eigenvalue weighted by molar-refractivity contribution is 5.36. The Kier molecular flexibility index (Phi) is 3.42. The van der Waals surface area contributed by atoms with E-state index in [1.165, 1.54) is 0 Å². The molecule has 0 unspecified atom stereocenters. The standard InChI is InChI=1S/C12H22N2O/c1-7(2)10-12(15)11(8(3)4)14(13-10)9(5)6/h7-9,15H,1-6H3. The lowest BCUT2D eigenvalue weighted by atomic mass is 10.0. The number of hydrogen-bond donors (Lipinski definition) is 1. The van der Waals surface area contributed by atoms with E-state index in [0.29, 0.717) is 17.7 Å². The van der Waals surface area contributed by atoms with Crippen molar-refractivity contribution >= 4 is 0 Å². The second-order valence-corrected chi connectivity index (χ2v) is 4.97. The summed E-state index contributed by atoms with van der Waals surface area (Å²) >= 11 is 0. The third-order valence-corrected chi connectivity index (χ3v) is 2.53. The Bertz CT molecular complexity index is 338. The predicted octanol–water partition coefficient (Wildman–Crippen LogP) is 3.42. The van der Waals surface area contributed by atoms with E-state index in [2.05, 4.69) is 46.6 Å². The highest BCUT2D eigenvalue weighted by atomic mass is 16.3. The molecule has 0 aromatic carbocycles. The van der Waals surface area contributed by atoms with Crippen LogP contribution in [0.3, 0.4) is 0 Å². The predicted molar refractivity (Wildman–Crippen MR) is 62.5 cm³/mol. The molecular formula is C12H22N2O. The first-order chi connectivity index (χ1) is 6.86. The quantitative estimate of drug-likeness (QED) is 0.830. The van der Waals surface area contributed by atoms with Gasteiger partial charge in [-0.15, -0.1) is 0 Å². The van der Waals surface area contributed by atoms with Crippen LogP contribution in [-0.4, -0.2) is 14.9 Å². The Morgan fingerprint density at radius 1 is 1.00 bits per heavy atom. The summed E-state index contributed by atoms with van der Waals surface area (Å²) in [4.78, 5) is 0. The van der Waals surface area contributed by atoms with E-state index >= 15 is 0 Å². The van der Waals surface area contributed by atoms with Crippen molar-refractivity contribution in [2.75, 3.05) is 0 Å². The minimum Gasteiger partial charge on any atom is -0.504 e. The van der Waals surface area contributed by atoms with Gasteiger partial charge in [-0.2, -0.15) is 5.10 Å². The topological polar surface area (TPSA) is 38.0 Å². The SMILES string of the molecule is CC(C)c1nn(C(C)C)c(C(C)C)c1O. The first kappa shape index (κ1) is 12.1. The second-order valence-electron chi connectivity index (χ2n) is 4.97. The summed E-state index contributed by atoms with van der Waals surface area (Å²) in [6.45, 7) is 12.4. The maximum atomic E-state index is 10.1. The fraction of sp³-hybridized carbons (Fsp3) is 0.750. The van der Waals surface area contributed by atoms with Gasteiger partial charge in [0.25, 0.3) is 0 Å². The molecule has 0 aliphatic rings. The second kappa shape index (κ2) is 4.25. The molecule has 0 saturated heterocycles. The van der Waals surface area contributed by atoms with Gasteiger partial charge in [0.05, 0.1) is 5.69 Å². The minimum absolute atomic E-state index is 0.266. The van der Waals surface area contributed by atoms with E-state index in [-0.39, 0.29) is 5.92 Å². The highest BCUT2D eigenvalue weighted by Gasteiger charge is 2.22. The average Bonchev–Trinajstić information content (AvgIpc) is 2.42. The first-order valence-corrected chi connectivity index (χ1v) is 5.67. The van der Waals surface area contributed by atoms with Crippen molar-refractivity contribution in [2.45, 2.75) is 59.4 Å². The largest absolute Gasteiger partial charge is 0.504 e. The summed E-state index contributed by atoms with van der Waals surface area (Å²) in [5, 5.41) is 14.6. The summed E-state index contributed by atoms with van der Waals surface area (Å²) in [6.07, 6.45) is 0. The smallest absolute Gasteiger partial charge is 0.160 e. The van der Waals surface area contributed by atoms with Crippen molar-refractivity contribution in [3.05, 3.63) is 11.4 Å². The van der Waals surface area contributed by atoms with Crippen molar-refractivity contribution in [3.63, 3.8) is 0 Å². The van der Waals surface area contributed by atoms with Crippen molar-refractivity contribution in [2.24, 2.45) is 0 Å². The molecule has 1 rings (SSSR count). The van der Waals surface area contributed by atoms with E-state index in [4.69, 9.17) is 0 Å². The number of rotatable bonds is 3. The zero-order valence-corrected chi connectivity index (χ0v) is 10.6. The maximum Gasteiger partial charge on any atom is 0.160 e. The van der Waals surface area contributed by atoms with Crippen LogP contribution in [0.5, 0.6) is 5.75 Å².